The highest BCUT2D eigenvalue weighted by Gasteiger charge is 2.12. The summed E-state index contributed by atoms with van der Waals surface area (Å²) in [6, 6.07) is 3.74. The fourth-order valence-electron chi connectivity index (χ4n) is 1.53. The molecule has 5 nitrogen and oxygen atoms in total. The van der Waals surface area contributed by atoms with Crippen molar-refractivity contribution >= 4 is 23.2 Å². The number of carbonyl (C=O) groups is 1. The first kappa shape index (κ1) is 13.5. The van der Waals surface area contributed by atoms with Gasteiger partial charge in [-0.05, 0) is 18.2 Å². The molecule has 1 aromatic carbocycles. The van der Waals surface area contributed by atoms with Gasteiger partial charge in [-0.1, -0.05) is 11.6 Å². The second-order valence-corrected chi connectivity index (χ2v) is 4.27. The molecule has 0 bridgehead atoms. The summed E-state index contributed by atoms with van der Waals surface area (Å²) in [6.07, 6.45) is 3.07. The first-order valence-electron chi connectivity index (χ1n) is 5.58. The minimum atomic E-state index is -0.478. The Balaban J connectivity index is 2.13. The molecule has 1 aromatic heterocycles. The molecule has 0 aliphatic heterocycles. The quantitative estimate of drug-likeness (QED) is 0.899. The van der Waals surface area contributed by atoms with Gasteiger partial charge in [-0.15, -0.1) is 0 Å². The molecule has 0 aliphatic carbocycles. The number of halogens is 2. The summed E-state index contributed by atoms with van der Waals surface area (Å²) in [5.41, 5.74) is 5.82. The van der Waals surface area contributed by atoms with E-state index in [4.69, 9.17) is 17.3 Å². The van der Waals surface area contributed by atoms with Crippen molar-refractivity contribution < 1.29 is 9.18 Å². The summed E-state index contributed by atoms with van der Waals surface area (Å²) in [4.78, 5) is 15.8. The number of hydrogen-bond donors (Lipinski definition) is 2. The number of benzene rings is 1. The zero-order valence-electron chi connectivity index (χ0n) is 9.94. The Hall–Kier alpha value is -1.92. The lowest BCUT2D eigenvalue weighted by Gasteiger charge is -2.05. The van der Waals surface area contributed by atoms with Crippen molar-refractivity contribution in [3.05, 3.63) is 47.3 Å². The van der Waals surface area contributed by atoms with E-state index in [9.17, 15) is 9.18 Å². The highest BCUT2D eigenvalue weighted by molar-refractivity contribution is 6.33. The van der Waals surface area contributed by atoms with Crippen LogP contribution in [0.2, 0.25) is 5.02 Å². The molecule has 0 fully saturated rings. The SMILES string of the molecule is NCCn1cnc(C(=O)Nc2cc(F)ccc2Cl)c1. The van der Waals surface area contributed by atoms with Crippen LogP contribution in [-0.2, 0) is 6.54 Å². The number of aromatic nitrogens is 2. The topological polar surface area (TPSA) is 72.9 Å². The lowest BCUT2D eigenvalue weighted by atomic mass is 10.3. The fourth-order valence-corrected chi connectivity index (χ4v) is 1.69. The van der Waals surface area contributed by atoms with E-state index in [0.717, 1.165) is 6.07 Å². The molecule has 2 aromatic rings. The van der Waals surface area contributed by atoms with Gasteiger partial charge in [-0.2, -0.15) is 0 Å². The minimum absolute atomic E-state index is 0.208. The van der Waals surface area contributed by atoms with Gasteiger partial charge in [0.05, 0.1) is 17.0 Å². The third kappa shape index (κ3) is 3.30. The Kier molecular flexibility index (Phi) is 4.13. The highest BCUT2D eigenvalue weighted by Crippen LogP contribution is 2.22. The number of nitrogens with zero attached hydrogens (tertiary/aromatic N) is 2. The number of hydrogen-bond acceptors (Lipinski definition) is 3. The van der Waals surface area contributed by atoms with E-state index in [1.807, 2.05) is 0 Å². The lowest BCUT2D eigenvalue weighted by Crippen LogP contribution is -2.13. The monoisotopic (exact) mass is 282 g/mol. The largest absolute Gasteiger partial charge is 0.335 e. The molecule has 0 aliphatic rings. The van der Waals surface area contributed by atoms with E-state index in [2.05, 4.69) is 10.3 Å². The van der Waals surface area contributed by atoms with Crippen LogP contribution >= 0.6 is 11.6 Å². The molecule has 3 N–H and O–H groups in total. The first-order chi connectivity index (χ1) is 9.10. The molecule has 0 saturated heterocycles. The van der Waals surface area contributed by atoms with Crippen molar-refractivity contribution in [1.82, 2.24) is 9.55 Å². The molecular weight excluding hydrogens is 271 g/mol. The summed E-state index contributed by atoms with van der Waals surface area (Å²) in [7, 11) is 0. The fraction of sp³-hybridized carbons (Fsp3) is 0.167. The molecule has 0 atom stereocenters. The highest BCUT2D eigenvalue weighted by atomic mass is 35.5. The second kappa shape index (κ2) is 5.81. The van der Waals surface area contributed by atoms with E-state index in [1.165, 1.54) is 18.5 Å². The lowest BCUT2D eigenvalue weighted by molar-refractivity contribution is 0.102. The summed E-state index contributed by atoms with van der Waals surface area (Å²) < 4.78 is 14.8. The molecular formula is C12H12ClFN4O. The van der Waals surface area contributed by atoms with Gasteiger partial charge in [-0.25, -0.2) is 9.37 Å². The normalized spacial score (nSPS) is 10.5. The minimum Gasteiger partial charge on any atom is -0.335 e. The molecule has 0 spiro atoms. The number of nitrogens with one attached hydrogen (secondary N) is 1. The van der Waals surface area contributed by atoms with Crippen LogP contribution in [0.1, 0.15) is 10.5 Å². The molecule has 1 heterocycles. The van der Waals surface area contributed by atoms with Crippen LogP contribution in [0.25, 0.3) is 0 Å². The number of carbonyl (C=O) groups excluding carboxylic acids is 1. The van der Waals surface area contributed by atoms with Crippen molar-refractivity contribution in [2.45, 2.75) is 6.54 Å². The van der Waals surface area contributed by atoms with Crippen molar-refractivity contribution in [2.75, 3.05) is 11.9 Å². The molecule has 0 unspecified atom stereocenters. The summed E-state index contributed by atoms with van der Waals surface area (Å²) in [5, 5.41) is 2.77. The zero-order valence-corrected chi connectivity index (χ0v) is 10.7. The Morgan fingerprint density at radius 1 is 1.53 bits per heavy atom. The molecule has 19 heavy (non-hydrogen) atoms. The Labute approximate surface area is 114 Å². The van der Waals surface area contributed by atoms with Crippen LogP contribution in [0.3, 0.4) is 0 Å². The van der Waals surface area contributed by atoms with Gasteiger partial charge in [0.25, 0.3) is 5.91 Å². The van der Waals surface area contributed by atoms with Crippen molar-refractivity contribution in [2.24, 2.45) is 5.73 Å². The predicted molar refractivity (Wildman–Crippen MR) is 70.6 cm³/mol. The zero-order chi connectivity index (χ0) is 13.8. The number of imidazole rings is 1. The summed E-state index contributed by atoms with van der Waals surface area (Å²) >= 11 is 5.86. The molecule has 0 radical (unpaired) electrons. The molecule has 0 saturated carbocycles. The van der Waals surface area contributed by atoms with Crippen LogP contribution in [0.4, 0.5) is 10.1 Å². The Morgan fingerprint density at radius 2 is 2.32 bits per heavy atom. The maximum absolute atomic E-state index is 13.1. The third-order valence-corrected chi connectivity index (χ3v) is 2.76. The van der Waals surface area contributed by atoms with Gasteiger partial charge in [0.1, 0.15) is 11.5 Å². The van der Waals surface area contributed by atoms with E-state index in [1.54, 1.807) is 10.8 Å². The molecule has 2 rings (SSSR count). The number of amides is 1. The van der Waals surface area contributed by atoms with Gasteiger partial charge in [0.2, 0.25) is 0 Å². The van der Waals surface area contributed by atoms with Crippen LogP contribution in [0.15, 0.2) is 30.7 Å². The number of rotatable bonds is 4. The first-order valence-corrected chi connectivity index (χ1v) is 5.96. The van der Waals surface area contributed by atoms with Crippen molar-refractivity contribution in [1.29, 1.82) is 0 Å². The average Bonchev–Trinajstić information content (AvgIpc) is 2.83. The van der Waals surface area contributed by atoms with Gasteiger partial charge < -0.3 is 15.6 Å². The average molecular weight is 283 g/mol. The van der Waals surface area contributed by atoms with Crippen LogP contribution in [0, 0.1) is 5.82 Å². The van der Waals surface area contributed by atoms with Crippen LogP contribution in [-0.4, -0.2) is 22.0 Å². The van der Waals surface area contributed by atoms with E-state index in [0.29, 0.717) is 13.1 Å². The summed E-state index contributed by atoms with van der Waals surface area (Å²) in [6.45, 7) is 1.02. The van der Waals surface area contributed by atoms with Crippen molar-refractivity contribution in [3.63, 3.8) is 0 Å². The maximum atomic E-state index is 13.1. The van der Waals surface area contributed by atoms with Crippen LogP contribution < -0.4 is 11.1 Å². The van der Waals surface area contributed by atoms with E-state index >= 15 is 0 Å². The van der Waals surface area contributed by atoms with Gasteiger partial charge in [0, 0.05) is 19.3 Å². The number of nitrogens with two attached hydrogens (primary N) is 1. The predicted octanol–water partition coefficient (Wildman–Crippen LogP) is 1.89. The molecule has 100 valence electrons. The third-order valence-electron chi connectivity index (χ3n) is 2.43. The molecule has 1 amide bonds. The smallest absolute Gasteiger partial charge is 0.275 e. The second-order valence-electron chi connectivity index (χ2n) is 3.86. The van der Waals surface area contributed by atoms with Gasteiger partial charge in [-0.3, -0.25) is 4.79 Å². The van der Waals surface area contributed by atoms with E-state index < -0.39 is 11.7 Å². The van der Waals surface area contributed by atoms with Gasteiger partial charge >= 0.3 is 0 Å². The number of anilines is 1. The maximum Gasteiger partial charge on any atom is 0.275 e. The standard InChI is InChI=1S/C12H12ClFN4O/c13-9-2-1-8(14)5-10(9)17-12(19)11-6-18(4-3-15)7-16-11/h1-2,5-7H,3-4,15H2,(H,17,19). The Bertz CT molecular complexity index is 599. The summed E-state index contributed by atoms with van der Waals surface area (Å²) in [5.74, 6) is -0.934. The Morgan fingerprint density at radius 3 is 3.05 bits per heavy atom. The van der Waals surface area contributed by atoms with Gasteiger partial charge in [0.15, 0.2) is 0 Å². The van der Waals surface area contributed by atoms with E-state index in [-0.39, 0.29) is 16.4 Å². The molecule has 7 heteroatoms. The van der Waals surface area contributed by atoms with Crippen molar-refractivity contribution in [3.8, 4) is 0 Å². The van der Waals surface area contributed by atoms with Crippen LogP contribution in [0.5, 0.6) is 0 Å².